The number of hydrogen-bond donors (Lipinski definition) is 0. The van der Waals surface area contributed by atoms with E-state index in [1.54, 1.807) is 45.0 Å². The monoisotopic (exact) mass is 545 g/mol. The van der Waals surface area contributed by atoms with Crippen LogP contribution in [0.4, 0.5) is 0 Å². The Labute approximate surface area is 210 Å². The summed E-state index contributed by atoms with van der Waals surface area (Å²) in [4.78, 5) is 38.4. The zero-order chi connectivity index (χ0) is 25.3. The van der Waals surface area contributed by atoms with E-state index in [0.29, 0.717) is 32.8 Å². The molecule has 0 amide bonds. The summed E-state index contributed by atoms with van der Waals surface area (Å²) < 4.78 is 16.3. The van der Waals surface area contributed by atoms with Crippen molar-refractivity contribution in [3.05, 3.63) is 67.3 Å². The molecule has 0 radical (unpaired) electrons. The van der Waals surface area contributed by atoms with Crippen LogP contribution in [0.15, 0.2) is 40.9 Å². The molecule has 0 spiro atoms. The maximum atomic E-state index is 13.0. The molecule has 2 aromatic rings. The number of rotatable bonds is 11. The van der Waals surface area contributed by atoms with Gasteiger partial charge in [-0.05, 0) is 66.0 Å². The molecule has 0 unspecified atom stereocenters. The Bertz CT molecular complexity index is 1170. The van der Waals surface area contributed by atoms with E-state index in [9.17, 15) is 19.6 Å². The number of nitriles is 1. The summed E-state index contributed by atoms with van der Waals surface area (Å²) in [6.07, 6.45) is 2.85. The van der Waals surface area contributed by atoms with Gasteiger partial charge in [-0.1, -0.05) is 18.7 Å². The van der Waals surface area contributed by atoms with Crippen molar-refractivity contribution in [1.82, 2.24) is 0 Å². The minimum atomic E-state index is -0.629. The smallest absolute Gasteiger partial charge is 0.348 e. The molecule has 0 fully saturated rings. The number of hydrogen-bond acceptors (Lipinski definition) is 8. The normalized spacial score (nSPS) is 10.9. The fourth-order valence-electron chi connectivity index (χ4n) is 3.01. The standard InChI is InChI=1S/C25H24BrNO6S/c1-5-10-33-20-9-8-16(12-18(20)26)11-17(14-27)19(28)13-21-22(24(29)31-6-2)15(4)23(34-21)25(30)32-7-3/h5,8-9,11-12H,1,6-7,10,13H2,2-4H3/b17-11+. The third kappa shape index (κ3) is 6.65. The molecular weight excluding hydrogens is 522 g/mol. The van der Waals surface area contributed by atoms with Crippen LogP contribution in [0.25, 0.3) is 6.08 Å². The molecule has 0 atom stereocenters. The van der Waals surface area contributed by atoms with Crippen LogP contribution in [0.1, 0.15) is 49.9 Å². The lowest BCUT2D eigenvalue weighted by Crippen LogP contribution is -2.12. The van der Waals surface area contributed by atoms with Crippen LogP contribution in [0, 0.1) is 18.3 Å². The van der Waals surface area contributed by atoms with Gasteiger partial charge in [0.25, 0.3) is 0 Å². The zero-order valence-corrected chi connectivity index (χ0v) is 21.5. The first-order chi connectivity index (χ1) is 16.3. The number of esters is 2. The van der Waals surface area contributed by atoms with Crippen LogP contribution < -0.4 is 4.74 Å². The van der Waals surface area contributed by atoms with Gasteiger partial charge in [-0.2, -0.15) is 5.26 Å². The van der Waals surface area contributed by atoms with E-state index in [1.807, 2.05) is 6.07 Å². The van der Waals surface area contributed by atoms with Crippen molar-refractivity contribution in [2.75, 3.05) is 19.8 Å². The molecule has 0 aliphatic carbocycles. The quantitative estimate of drug-likeness (QED) is 0.160. The molecular formula is C25H24BrNO6S. The predicted octanol–water partition coefficient (Wildman–Crippen LogP) is 5.46. The Morgan fingerprint density at radius 1 is 1.18 bits per heavy atom. The van der Waals surface area contributed by atoms with E-state index < -0.39 is 17.7 Å². The maximum Gasteiger partial charge on any atom is 0.348 e. The first-order valence-electron chi connectivity index (χ1n) is 10.4. The average Bonchev–Trinajstić information content (AvgIpc) is 3.12. The molecule has 0 bridgehead atoms. The Morgan fingerprint density at radius 3 is 2.44 bits per heavy atom. The molecule has 7 nitrogen and oxygen atoms in total. The molecule has 1 aromatic carbocycles. The topological polar surface area (TPSA) is 103 Å². The van der Waals surface area contributed by atoms with Gasteiger partial charge < -0.3 is 14.2 Å². The molecule has 0 aliphatic rings. The second kappa shape index (κ2) is 12.9. The average molecular weight is 546 g/mol. The Hall–Kier alpha value is -3.22. The van der Waals surface area contributed by atoms with Crippen LogP contribution in [0.2, 0.25) is 0 Å². The number of Topliss-reactive ketones (excluding diaryl/α,β-unsaturated/α-hetero) is 1. The van der Waals surface area contributed by atoms with E-state index in [0.717, 1.165) is 11.3 Å². The highest BCUT2D eigenvalue weighted by Crippen LogP contribution is 2.31. The number of halogens is 1. The number of thiophene rings is 1. The third-order valence-electron chi connectivity index (χ3n) is 4.53. The van der Waals surface area contributed by atoms with Crippen LogP contribution >= 0.6 is 27.3 Å². The van der Waals surface area contributed by atoms with Gasteiger partial charge in [0.1, 0.15) is 23.3 Å². The van der Waals surface area contributed by atoms with E-state index in [2.05, 4.69) is 22.5 Å². The van der Waals surface area contributed by atoms with Crippen molar-refractivity contribution in [3.8, 4) is 11.8 Å². The van der Waals surface area contributed by atoms with E-state index in [1.165, 1.54) is 6.08 Å². The molecule has 0 aliphatic heterocycles. The number of ketones is 1. The number of ether oxygens (including phenoxy) is 3. The van der Waals surface area contributed by atoms with Crippen LogP contribution in [-0.2, 0) is 20.7 Å². The first-order valence-corrected chi connectivity index (χ1v) is 12.0. The molecule has 0 N–H and O–H groups in total. The summed E-state index contributed by atoms with van der Waals surface area (Å²) in [5.74, 6) is -1.10. The molecule has 178 valence electrons. The molecule has 9 heteroatoms. The lowest BCUT2D eigenvalue weighted by molar-refractivity contribution is -0.114. The number of carbonyl (C=O) groups excluding carboxylic acids is 3. The first kappa shape index (κ1) is 27.0. The minimum Gasteiger partial charge on any atom is -0.488 e. The van der Waals surface area contributed by atoms with Gasteiger partial charge in [0.15, 0.2) is 5.78 Å². The largest absolute Gasteiger partial charge is 0.488 e. The van der Waals surface area contributed by atoms with Gasteiger partial charge in [-0.15, -0.1) is 11.3 Å². The summed E-state index contributed by atoms with van der Waals surface area (Å²) >= 11 is 4.41. The number of carbonyl (C=O) groups is 3. The van der Waals surface area contributed by atoms with Crippen LogP contribution in [0.5, 0.6) is 5.75 Å². The molecule has 1 aromatic heterocycles. The van der Waals surface area contributed by atoms with Crippen LogP contribution in [-0.4, -0.2) is 37.5 Å². The van der Waals surface area contributed by atoms with Crippen molar-refractivity contribution < 1.29 is 28.6 Å². The molecule has 2 rings (SSSR count). The molecule has 0 saturated carbocycles. The minimum absolute atomic E-state index is 0.0924. The van der Waals surface area contributed by atoms with Gasteiger partial charge in [0.05, 0.1) is 28.8 Å². The Balaban J connectivity index is 2.38. The predicted molar refractivity (Wildman–Crippen MR) is 133 cm³/mol. The summed E-state index contributed by atoms with van der Waals surface area (Å²) in [5.41, 5.74) is 1.08. The van der Waals surface area contributed by atoms with Crippen molar-refractivity contribution in [2.24, 2.45) is 0 Å². The molecule has 1 heterocycles. The van der Waals surface area contributed by atoms with Crippen molar-refractivity contribution in [1.29, 1.82) is 5.26 Å². The second-order valence-electron chi connectivity index (χ2n) is 6.85. The van der Waals surface area contributed by atoms with Gasteiger partial charge in [-0.3, -0.25) is 4.79 Å². The highest BCUT2D eigenvalue weighted by atomic mass is 79.9. The van der Waals surface area contributed by atoms with Gasteiger partial charge in [-0.25, -0.2) is 9.59 Å². The highest BCUT2D eigenvalue weighted by molar-refractivity contribution is 9.10. The Kier molecular flexibility index (Phi) is 10.2. The number of allylic oxidation sites excluding steroid dienone is 1. The summed E-state index contributed by atoms with van der Waals surface area (Å²) in [6, 6.07) is 7.08. The SMILES string of the molecule is C=CCOc1ccc(/C=C(\C#N)C(=O)Cc2sc(C(=O)OCC)c(C)c2C(=O)OCC)cc1Br. The van der Waals surface area contributed by atoms with Gasteiger partial charge in [0, 0.05) is 11.3 Å². The van der Waals surface area contributed by atoms with Gasteiger partial charge >= 0.3 is 11.9 Å². The summed E-state index contributed by atoms with van der Waals surface area (Å²) in [6.45, 7) is 9.21. The highest BCUT2D eigenvalue weighted by Gasteiger charge is 2.28. The lowest BCUT2D eigenvalue weighted by atomic mass is 10.0. The summed E-state index contributed by atoms with van der Waals surface area (Å²) in [7, 11) is 0. The fraction of sp³-hybridized carbons (Fsp3) is 0.280. The lowest BCUT2D eigenvalue weighted by Gasteiger charge is -2.07. The molecule has 0 saturated heterocycles. The Morgan fingerprint density at radius 2 is 1.85 bits per heavy atom. The maximum absolute atomic E-state index is 13.0. The third-order valence-corrected chi connectivity index (χ3v) is 6.42. The van der Waals surface area contributed by atoms with E-state index >= 15 is 0 Å². The fourth-order valence-corrected chi connectivity index (χ4v) is 4.71. The molecule has 34 heavy (non-hydrogen) atoms. The van der Waals surface area contributed by atoms with Crippen molar-refractivity contribution in [2.45, 2.75) is 27.2 Å². The van der Waals surface area contributed by atoms with Crippen molar-refractivity contribution in [3.63, 3.8) is 0 Å². The number of benzene rings is 1. The van der Waals surface area contributed by atoms with E-state index in [-0.39, 0.29) is 35.6 Å². The van der Waals surface area contributed by atoms with Gasteiger partial charge in [0.2, 0.25) is 0 Å². The zero-order valence-electron chi connectivity index (χ0n) is 19.1. The summed E-state index contributed by atoms with van der Waals surface area (Å²) in [5, 5.41) is 9.61. The van der Waals surface area contributed by atoms with Crippen molar-refractivity contribution >= 4 is 51.1 Å². The second-order valence-corrected chi connectivity index (χ2v) is 8.81. The number of nitrogens with zero attached hydrogens (tertiary/aromatic N) is 1. The van der Waals surface area contributed by atoms with E-state index in [4.69, 9.17) is 14.2 Å². The van der Waals surface area contributed by atoms with Crippen LogP contribution in [0.3, 0.4) is 0 Å².